The van der Waals surface area contributed by atoms with Gasteiger partial charge in [-0.05, 0) is 49.4 Å². The molecule has 0 unspecified atom stereocenters. The Kier molecular flexibility index (Phi) is 6.14. The largest absolute Gasteiger partial charge is 0.486 e. The highest BCUT2D eigenvalue weighted by Crippen LogP contribution is 2.31. The third-order valence-corrected chi connectivity index (χ3v) is 5.75. The number of fused-ring (bicyclic) bond motifs is 1. The number of carbonyl (C=O) groups is 1. The molecule has 2 fully saturated rings. The van der Waals surface area contributed by atoms with Gasteiger partial charge in [-0.15, -0.1) is 0 Å². The Morgan fingerprint density at radius 3 is 2.70 bits per heavy atom. The molecular formula is C21H30N2O4. The summed E-state index contributed by atoms with van der Waals surface area (Å²) < 4.78 is 16.6. The van der Waals surface area contributed by atoms with E-state index in [1.54, 1.807) is 0 Å². The van der Waals surface area contributed by atoms with Gasteiger partial charge in [-0.3, -0.25) is 9.69 Å². The zero-order chi connectivity index (χ0) is 18.5. The molecule has 2 saturated heterocycles. The molecule has 0 aliphatic carbocycles. The summed E-state index contributed by atoms with van der Waals surface area (Å²) in [5.74, 6) is 2.62. The van der Waals surface area contributed by atoms with Gasteiger partial charge in [0.05, 0.1) is 13.2 Å². The fourth-order valence-electron chi connectivity index (χ4n) is 4.27. The highest BCUT2D eigenvalue weighted by atomic mass is 16.6. The van der Waals surface area contributed by atoms with Crippen molar-refractivity contribution in [3.63, 3.8) is 0 Å². The monoisotopic (exact) mass is 374 g/mol. The molecule has 6 nitrogen and oxygen atoms in total. The minimum Gasteiger partial charge on any atom is -0.486 e. The van der Waals surface area contributed by atoms with Crippen molar-refractivity contribution in [3.05, 3.63) is 23.8 Å². The number of carbonyl (C=O) groups excluding carboxylic acids is 1. The molecule has 3 heterocycles. The molecule has 0 radical (unpaired) electrons. The Hall–Kier alpha value is -1.79. The van der Waals surface area contributed by atoms with Gasteiger partial charge in [0.1, 0.15) is 13.2 Å². The van der Waals surface area contributed by atoms with E-state index < -0.39 is 0 Å². The average molecular weight is 374 g/mol. The van der Waals surface area contributed by atoms with Gasteiger partial charge in [-0.1, -0.05) is 6.07 Å². The van der Waals surface area contributed by atoms with E-state index in [1.165, 1.54) is 18.4 Å². The predicted molar refractivity (Wildman–Crippen MR) is 102 cm³/mol. The molecule has 0 spiro atoms. The van der Waals surface area contributed by atoms with Crippen molar-refractivity contribution in [1.29, 1.82) is 0 Å². The van der Waals surface area contributed by atoms with Crippen LogP contribution in [0.5, 0.6) is 11.5 Å². The molecule has 3 aliphatic rings. The molecule has 0 N–H and O–H groups in total. The SMILES string of the molecule is O=C(CC[C@@H]1CCCN(Cc2ccc3c(c2)OCCO3)C1)N1CCOCC1. The van der Waals surface area contributed by atoms with Crippen molar-refractivity contribution in [2.24, 2.45) is 5.92 Å². The molecule has 3 aliphatic heterocycles. The van der Waals surface area contributed by atoms with E-state index in [1.807, 2.05) is 11.0 Å². The summed E-state index contributed by atoms with van der Waals surface area (Å²) in [7, 11) is 0. The van der Waals surface area contributed by atoms with E-state index in [0.717, 1.165) is 50.6 Å². The van der Waals surface area contributed by atoms with Crippen LogP contribution in [0.4, 0.5) is 0 Å². The third-order valence-electron chi connectivity index (χ3n) is 5.75. The summed E-state index contributed by atoms with van der Waals surface area (Å²) in [5.41, 5.74) is 1.27. The van der Waals surface area contributed by atoms with Gasteiger partial charge >= 0.3 is 0 Å². The number of likely N-dealkylation sites (tertiary alicyclic amines) is 1. The van der Waals surface area contributed by atoms with Gasteiger partial charge in [0.2, 0.25) is 5.91 Å². The Labute approximate surface area is 161 Å². The molecule has 0 saturated carbocycles. The molecular weight excluding hydrogens is 344 g/mol. The molecule has 148 valence electrons. The van der Waals surface area contributed by atoms with Crippen LogP contribution in [0.2, 0.25) is 0 Å². The molecule has 1 aromatic rings. The summed E-state index contributed by atoms with van der Waals surface area (Å²) in [6, 6.07) is 6.27. The van der Waals surface area contributed by atoms with E-state index in [0.29, 0.717) is 44.7 Å². The molecule has 0 aromatic heterocycles. The van der Waals surface area contributed by atoms with Crippen molar-refractivity contribution in [3.8, 4) is 11.5 Å². The maximum Gasteiger partial charge on any atom is 0.222 e. The predicted octanol–water partition coefficient (Wildman–Crippen LogP) is 2.31. The summed E-state index contributed by atoms with van der Waals surface area (Å²) >= 11 is 0. The summed E-state index contributed by atoms with van der Waals surface area (Å²) in [5, 5.41) is 0. The van der Waals surface area contributed by atoms with Crippen molar-refractivity contribution in [1.82, 2.24) is 9.80 Å². The Morgan fingerprint density at radius 1 is 1.04 bits per heavy atom. The normalized spacial score (nSPS) is 23.3. The van der Waals surface area contributed by atoms with Crippen LogP contribution in [0.3, 0.4) is 0 Å². The lowest BCUT2D eigenvalue weighted by molar-refractivity contribution is -0.135. The second-order valence-corrected chi connectivity index (χ2v) is 7.75. The highest BCUT2D eigenvalue weighted by Gasteiger charge is 2.23. The van der Waals surface area contributed by atoms with Gasteiger partial charge in [0, 0.05) is 32.6 Å². The van der Waals surface area contributed by atoms with Crippen molar-refractivity contribution < 1.29 is 19.0 Å². The second kappa shape index (κ2) is 8.93. The van der Waals surface area contributed by atoms with Gasteiger partial charge in [0.25, 0.3) is 0 Å². The fraction of sp³-hybridized carbons (Fsp3) is 0.667. The first-order valence-corrected chi connectivity index (χ1v) is 10.2. The number of hydrogen-bond donors (Lipinski definition) is 0. The van der Waals surface area contributed by atoms with Crippen LogP contribution in [0, 0.1) is 5.92 Å². The third kappa shape index (κ3) is 4.93. The van der Waals surface area contributed by atoms with Crippen molar-refractivity contribution in [2.75, 3.05) is 52.6 Å². The van der Waals surface area contributed by atoms with Crippen LogP contribution in [0.15, 0.2) is 18.2 Å². The van der Waals surface area contributed by atoms with E-state index in [2.05, 4.69) is 17.0 Å². The standard InChI is InChI=1S/C21H30N2O4/c24-21(23-8-10-25-11-9-23)6-4-17-2-1-7-22(15-17)16-18-3-5-19-20(14-18)27-13-12-26-19/h3,5,14,17H,1-2,4,6-13,15-16H2/t17-/m0/s1. The van der Waals surface area contributed by atoms with Crippen molar-refractivity contribution >= 4 is 5.91 Å². The second-order valence-electron chi connectivity index (χ2n) is 7.75. The number of amides is 1. The van der Waals surface area contributed by atoms with Gasteiger partial charge < -0.3 is 19.1 Å². The van der Waals surface area contributed by atoms with Gasteiger partial charge in [-0.2, -0.15) is 0 Å². The van der Waals surface area contributed by atoms with Gasteiger partial charge in [-0.25, -0.2) is 0 Å². The topological polar surface area (TPSA) is 51.2 Å². The summed E-state index contributed by atoms with van der Waals surface area (Å²) in [6.07, 6.45) is 4.10. The number of ether oxygens (including phenoxy) is 3. The number of morpholine rings is 1. The first kappa shape index (κ1) is 18.6. The number of piperidine rings is 1. The maximum absolute atomic E-state index is 12.4. The zero-order valence-electron chi connectivity index (χ0n) is 16.0. The quantitative estimate of drug-likeness (QED) is 0.792. The number of hydrogen-bond acceptors (Lipinski definition) is 5. The van der Waals surface area contributed by atoms with Crippen LogP contribution in [0.1, 0.15) is 31.2 Å². The van der Waals surface area contributed by atoms with Gasteiger partial charge in [0.15, 0.2) is 11.5 Å². The van der Waals surface area contributed by atoms with Crippen LogP contribution in [0.25, 0.3) is 0 Å². The lowest BCUT2D eigenvalue weighted by Crippen LogP contribution is -2.41. The van der Waals surface area contributed by atoms with Crippen LogP contribution < -0.4 is 9.47 Å². The first-order valence-electron chi connectivity index (χ1n) is 10.2. The number of nitrogens with zero attached hydrogens (tertiary/aromatic N) is 2. The zero-order valence-corrected chi connectivity index (χ0v) is 16.0. The van der Waals surface area contributed by atoms with Crippen LogP contribution >= 0.6 is 0 Å². The Balaban J connectivity index is 1.26. The fourth-order valence-corrected chi connectivity index (χ4v) is 4.27. The Bertz CT molecular complexity index is 645. The van der Waals surface area contributed by atoms with Crippen LogP contribution in [-0.4, -0.2) is 68.3 Å². The van der Waals surface area contributed by atoms with E-state index >= 15 is 0 Å². The number of benzene rings is 1. The summed E-state index contributed by atoms with van der Waals surface area (Å²) in [6.45, 7) is 7.25. The van der Waals surface area contributed by atoms with E-state index in [9.17, 15) is 4.79 Å². The molecule has 1 aromatic carbocycles. The van der Waals surface area contributed by atoms with E-state index in [4.69, 9.17) is 14.2 Å². The summed E-state index contributed by atoms with van der Waals surface area (Å²) in [4.78, 5) is 16.9. The van der Waals surface area contributed by atoms with Crippen LogP contribution in [-0.2, 0) is 16.1 Å². The highest BCUT2D eigenvalue weighted by molar-refractivity contribution is 5.76. The minimum absolute atomic E-state index is 0.294. The smallest absolute Gasteiger partial charge is 0.222 e. The van der Waals surface area contributed by atoms with E-state index in [-0.39, 0.29) is 0 Å². The lowest BCUT2D eigenvalue weighted by Gasteiger charge is -2.33. The number of rotatable bonds is 5. The first-order chi connectivity index (χ1) is 13.3. The molecule has 1 amide bonds. The molecule has 1 atom stereocenters. The Morgan fingerprint density at radius 2 is 1.85 bits per heavy atom. The van der Waals surface area contributed by atoms with Crippen molar-refractivity contribution in [2.45, 2.75) is 32.2 Å². The molecule has 4 rings (SSSR count). The lowest BCUT2D eigenvalue weighted by atomic mass is 9.92. The average Bonchev–Trinajstić information content (AvgIpc) is 2.73. The molecule has 0 bridgehead atoms. The molecule has 27 heavy (non-hydrogen) atoms. The minimum atomic E-state index is 0.294. The maximum atomic E-state index is 12.4. The molecule has 6 heteroatoms.